The van der Waals surface area contributed by atoms with E-state index in [1.54, 1.807) is 0 Å². The summed E-state index contributed by atoms with van der Waals surface area (Å²) >= 11 is 0. The second kappa shape index (κ2) is 11.2. The molecule has 1 unspecified atom stereocenters. The Labute approximate surface area is 157 Å². The number of rotatable bonds is 12. The second-order valence-electron chi connectivity index (χ2n) is 6.24. The highest BCUT2D eigenvalue weighted by Crippen LogP contribution is 2.61. The molecule has 0 aromatic heterocycles. The van der Waals surface area contributed by atoms with Gasteiger partial charge in [0, 0.05) is 5.69 Å². The third-order valence-corrected chi connectivity index (χ3v) is 6.19. The van der Waals surface area contributed by atoms with Gasteiger partial charge in [-0.15, -0.1) is 0 Å². The van der Waals surface area contributed by atoms with Crippen molar-refractivity contribution in [2.45, 2.75) is 45.3 Å². The Morgan fingerprint density at radius 1 is 0.846 bits per heavy atom. The lowest BCUT2D eigenvalue weighted by Crippen LogP contribution is -2.16. The fourth-order valence-corrected chi connectivity index (χ4v) is 4.52. The van der Waals surface area contributed by atoms with Crippen molar-refractivity contribution in [3.05, 3.63) is 66.2 Å². The fraction of sp³-hybridized carbons (Fsp3) is 0.429. The van der Waals surface area contributed by atoms with Crippen molar-refractivity contribution in [2.75, 3.05) is 18.5 Å². The van der Waals surface area contributed by atoms with Crippen LogP contribution >= 0.6 is 7.60 Å². The minimum atomic E-state index is -3.39. The quantitative estimate of drug-likeness (QED) is 0.334. The molecule has 5 heteroatoms. The Bertz CT molecular complexity index is 649. The lowest BCUT2D eigenvalue weighted by Gasteiger charge is -2.29. The van der Waals surface area contributed by atoms with Crippen molar-refractivity contribution in [1.82, 2.24) is 0 Å². The second-order valence-corrected chi connectivity index (χ2v) is 8.35. The van der Waals surface area contributed by atoms with E-state index in [2.05, 4.69) is 19.2 Å². The number of para-hydroxylation sites is 1. The molecule has 1 N–H and O–H groups in total. The molecule has 2 rings (SSSR count). The number of nitrogens with one attached hydrogen (secondary N) is 1. The smallest absolute Gasteiger partial charge is 0.357 e. The summed E-state index contributed by atoms with van der Waals surface area (Å²) in [4.78, 5) is 0. The van der Waals surface area contributed by atoms with E-state index in [-0.39, 0.29) is 0 Å². The van der Waals surface area contributed by atoms with Crippen molar-refractivity contribution in [3.63, 3.8) is 0 Å². The Hall–Kier alpha value is -1.61. The number of hydrogen-bond donors (Lipinski definition) is 1. The van der Waals surface area contributed by atoms with Crippen molar-refractivity contribution < 1.29 is 13.6 Å². The third-order valence-electron chi connectivity index (χ3n) is 4.05. The zero-order chi connectivity index (χ0) is 18.7. The van der Waals surface area contributed by atoms with Crippen molar-refractivity contribution in [2.24, 2.45) is 0 Å². The minimum Gasteiger partial charge on any atom is -0.368 e. The maximum Gasteiger partial charge on any atom is 0.357 e. The summed E-state index contributed by atoms with van der Waals surface area (Å²) in [7, 11) is -3.39. The molecule has 0 heterocycles. The summed E-state index contributed by atoms with van der Waals surface area (Å²) in [5.41, 5.74) is 1.78. The number of anilines is 1. The van der Waals surface area contributed by atoms with Crippen LogP contribution in [0.3, 0.4) is 0 Å². The summed E-state index contributed by atoms with van der Waals surface area (Å²) in [6, 6.07) is 19.5. The van der Waals surface area contributed by atoms with Crippen molar-refractivity contribution in [1.29, 1.82) is 0 Å². The van der Waals surface area contributed by atoms with Gasteiger partial charge in [-0.05, 0) is 30.5 Å². The van der Waals surface area contributed by atoms with Gasteiger partial charge in [0.2, 0.25) is 0 Å². The van der Waals surface area contributed by atoms with Crippen LogP contribution in [0.15, 0.2) is 60.7 Å². The lowest BCUT2D eigenvalue weighted by atomic mass is 10.2. The molecule has 0 spiro atoms. The summed E-state index contributed by atoms with van der Waals surface area (Å²) in [6.45, 7) is 5.03. The number of benzene rings is 2. The van der Waals surface area contributed by atoms with Gasteiger partial charge in [-0.1, -0.05) is 75.2 Å². The van der Waals surface area contributed by atoms with E-state index in [9.17, 15) is 4.57 Å². The van der Waals surface area contributed by atoms with Gasteiger partial charge in [-0.3, -0.25) is 4.57 Å². The van der Waals surface area contributed by atoms with Crippen LogP contribution < -0.4 is 5.32 Å². The maximum absolute atomic E-state index is 13.8. The van der Waals surface area contributed by atoms with Crippen LogP contribution in [0.4, 0.5) is 5.69 Å². The maximum atomic E-state index is 13.8. The van der Waals surface area contributed by atoms with Gasteiger partial charge in [0.05, 0.1) is 13.2 Å². The predicted octanol–water partition coefficient (Wildman–Crippen LogP) is 6.62. The van der Waals surface area contributed by atoms with Crippen LogP contribution in [0.25, 0.3) is 0 Å². The van der Waals surface area contributed by atoms with E-state index in [4.69, 9.17) is 9.05 Å². The van der Waals surface area contributed by atoms with Gasteiger partial charge in [0.15, 0.2) is 5.78 Å². The molecule has 1 atom stereocenters. The first-order chi connectivity index (χ1) is 12.7. The molecule has 0 aliphatic carbocycles. The Morgan fingerprint density at radius 3 is 1.85 bits per heavy atom. The molecule has 26 heavy (non-hydrogen) atoms. The molecule has 0 aliphatic rings. The minimum absolute atomic E-state index is 0.430. The molecule has 4 nitrogen and oxygen atoms in total. The Morgan fingerprint density at radius 2 is 1.35 bits per heavy atom. The van der Waals surface area contributed by atoms with E-state index < -0.39 is 13.4 Å². The summed E-state index contributed by atoms with van der Waals surface area (Å²) in [5.74, 6) is -0.542. The van der Waals surface area contributed by atoms with Gasteiger partial charge >= 0.3 is 7.60 Å². The van der Waals surface area contributed by atoms with E-state index >= 15 is 0 Å². The van der Waals surface area contributed by atoms with Gasteiger partial charge in [-0.2, -0.15) is 0 Å². The number of unbranched alkanes of at least 4 members (excludes halogenated alkanes) is 2. The van der Waals surface area contributed by atoms with Crippen LogP contribution in [0.2, 0.25) is 0 Å². The van der Waals surface area contributed by atoms with Crippen LogP contribution in [0.1, 0.15) is 50.9 Å². The summed E-state index contributed by atoms with van der Waals surface area (Å²) in [6.07, 6.45) is 3.68. The standard InChI is InChI=1S/C21H30NO3P/c1-3-5-17-24-26(23,25-18-6-4-2)21(19-13-9-7-10-14-19)22-20-15-11-8-12-16-20/h7-16,21-22H,3-6,17-18H2,1-2H3. The summed E-state index contributed by atoms with van der Waals surface area (Å²) in [5, 5.41) is 3.38. The molecule has 0 bridgehead atoms. The predicted molar refractivity (Wildman–Crippen MR) is 109 cm³/mol. The molecular formula is C21H30NO3P. The topological polar surface area (TPSA) is 47.6 Å². The van der Waals surface area contributed by atoms with Gasteiger partial charge in [0.25, 0.3) is 0 Å². The zero-order valence-corrected chi connectivity index (χ0v) is 16.7. The largest absolute Gasteiger partial charge is 0.368 e. The van der Waals surface area contributed by atoms with E-state index in [1.165, 1.54) is 0 Å². The molecule has 0 aliphatic heterocycles. The Kier molecular flexibility index (Phi) is 8.90. The average molecular weight is 375 g/mol. The van der Waals surface area contributed by atoms with Crippen LogP contribution in [0.5, 0.6) is 0 Å². The zero-order valence-electron chi connectivity index (χ0n) is 15.8. The molecule has 0 fully saturated rings. The van der Waals surface area contributed by atoms with Gasteiger partial charge in [-0.25, -0.2) is 0 Å². The molecule has 0 amide bonds. The first-order valence-electron chi connectivity index (χ1n) is 9.45. The normalized spacial score (nSPS) is 12.7. The highest BCUT2D eigenvalue weighted by atomic mass is 31.2. The molecule has 0 radical (unpaired) electrons. The molecule has 0 saturated carbocycles. The first kappa shape index (κ1) is 20.7. The first-order valence-corrected chi connectivity index (χ1v) is 11.1. The molecule has 142 valence electrons. The van der Waals surface area contributed by atoms with Crippen LogP contribution in [-0.4, -0.2) is 13.2 Å². The molecule has 2 aromatic rings. The highest BCUT2D eigenvalue weighted by Gasteiger charge is 2.37. The molecule has 0 saturated heterocycles. The SMILES string of the molecule is CCCCOP(=O)(OCCCC)C(Nc1ccccc1)c1ccccc1. The van der Waals surface area contributed by atoms with Crippen LogP contribution in [-0.2, 0) is 13.6 Å². The van der Waals surface area contributed by atoms with Gasteiger partial charge < -0.3 is 14.4 Å². The van der Waals surface area contributed by atoms with Crippen LogP contribution in [0, 0.1) is 0 Å². The van der Waals surface area contributed by atoms with E-state index in [1.807, 2.05) is 60.7 Å². The Balaban J connectivity index is 2.31. The summed E-state index contributed by atoms with van der Waals surface area (Å²) < 4.78 is 25.5. The monoisotopic (exact) mass is 375 g/mol. The third kappa shape index (κ3) is 6.28. The van der Waals surface area contributed by atoms with Crippen molar-refractivity contribution >= 4 is 13.3 Å². The number of hydrogen-bond acceptors (Lipinski definition) is 4. The van der Waals surface area contributed by atoms with E-state index in [0.29, 0.717) is 13.2 Å². The van der Waals surface area contributed by atoms with Crippen molar-refractivity contribution in [3.8, 4) is 0 Å². The average Bonchev–Trinajstić information content (AvgIpc) is 2.68. The lowest BCUT2D eigenvalue weighted by molar-refractivity contribution is 0.194. The fourth-order valence-electron chi connectivity index (χ4n) is 2.53. The molecular weight excluding hydrogens is 345 g/mol. The highest BCUT2D eigenvalue weighted by molar-refractivity contribution is 7.54. The van der Waals surface area contributed by atoms with E-state index in [0.717, 1.165) is 36.9 Å². The molecule has 2 aromatic carbocycles. The van der Waals surface area contributed by atoms with Gasteiger partial charge in [0.1, 0.15) is 0 Å².